The van der Waals surface area contributed by atoms with Crippen LogP contribution in [0.2, 0.25) is 0 Å². The summed E-state index contributed by atoms with van der Waals surface area (Å²) in [4.78, 5) is 2.80. The maximum atomic E-state index is 8.31. The van der Waals surface area contributed by atoms with E-state index in [1.54, 1.807) is 0 Å². The van der Waals surface area contributed by atoms with Crippen LogP contribution in [-0.4, -0.2) is 31.1 Å². The fourth-order valence-electron chi connectivity index (χ4n) is 1.52. The van der Waals surface area contributed by atoms with E-state index in [0.29, 0.717) is 6.54 Å². The van der Waals surface area contributed by atoms with Crippen molar-refractivity contribution in [3.8, 4) is 0 Å². The molecule has 0 amide bonds. The standard InChI is InChI=1S/C12H15N3S8/c1-16-7-8(17-2)21-11(20-7)12-22-9(18-3)10(23-12)19-6-4-5-14-15-13/h4-6H2,1-3H3. The van der Waals surface area contributed by atoms with Gasteiger partial charge in [-0.2, -0.15) is 0 Å². The Morgan fingerprint density at radius 3 is 1.83 bits per heavy atom. The van der Waals surface area contributed by atoms with E-state index in [1.165, 1.54) is 25.4 Å². The molecule has 0 unspecified atom stereocenters. The van der Waals surface area contributed by atoms with Gasteiger partial charge in [-0.05, 0) is 36.5 Å². The first-order valence-electron chi connectivity index (χ1n) is 6.43. The van der Waals surface area contributed by atoms with Crippen LogP contribution >= 0.6 is 94.1 Å². The van der Waals surface area contributed by atoms with Gasteiger partial charge in [0.05, 0.1) is 25.4 Å². The molecule has 0 bridgehead atoms. The second-order valence-corrected chi connectivity index (χ2v) is 13.1. The molecule has 2 aliphatic rings. The molecule has 0 saturated carbocycles. The lowest BCUT2D eigenvalue weighted by atomic mass is 10.5. The zero-order chi connectivity index (χ0) is 16.7. The molecule has 0 atom stereocenters. The van der Waals surface area contributed by atoms with Crippen molar-refractivity contribution in [2.75, 3.05) is 31.1 Å². The van der Waals surface area contributed by atoms with E-state index >= 15 is 0 Å². The Morgan fingerprint density at radius 2 is 1.35 bits per heavy atom. The molecular formula is C12H15N3S8. The number of nitrogens with zero attached hydrogens (tertiary/aromatic N) is 3. The Bertz CT molecular complexity index is 573. The molecule has 2 aliphatic heterocycles. The van der Waals surface area contributed by atoms with Crippen LogP contribution in [0.1, 0.15) is 6.42 Å². The smallest absolute Gasteiger partial charge is 0.0717 e. The molecule has 126 valence electrons. The third-order valence-corrected chi connectivity index (χ3v) is 13.7. The maximum absolute atomic E-state index is 8.31. The van der Waals surface area contributed by atoms with Crippen molar-refractivity contribution in [3.63, 3.8) is 0 Å². The molecule has 11 heteroatoms. The summed E-state index contributed by atoms with van der Waals surface area (Å²) in [6.07, 6.45) is 7.37. The first kappa shape index (κ1) is 20.6. The third-order valence-electron chi connectivity index (χ3n) is 2.50. The van der Waals surface area contributed by atoms with E-state index in [1.807, 2.05) is 94.1 Å². The molecule has 0 radical (unpaired) electrons. The Kier molecular flexibility index (Phi) is 9.99. The summed E-state index contributed by atoms with van der Waals surface area (Å²) in [5.41, 5.74) is 8.31. The third kappa shape index (κ3) is 5.92. The SMILES string of the molecule is CSC1=C(SC)SC(=C2SC(SC)=C(SCCCN=[N+]=[N-])S2)S1. The molecule has 0 spiro atoms. The maximum Gasteiger partial charge on any atom is 0.0717 e. The van der Waals surface area contributed by atoms with E-state index in [2.05, 4.69) is 28.8 Å². The predicted molar refractivity (Wildman–Crippen MR) is 123 cm³/mol. The quantitative estimate of drug-likeness (QED) is 0.158. The molecule has 0 fully saturated rings. The number of hydrogen-bond donors (Lipinski definition) is 0. The molecule has 23 heavy (non-hydrogen) atoms. The monoisotopic (exact) mass is 457 g/mol. The summed E-state index contributed by atoms with van der Waals surface area (Å²) in [6.45, 7) is 0.584. The van der Waals surface area contributed by atoms with Crippen molar-refractivity contribution in [1.29, 1.82) is 0 Å². The van der Waals surface area contributed by atoms with Gasteiger partial charge in [-0.3, -0.25) is 0 Å². The van der Waals surface area contributed by atoms with Crippen molar-refractivity contribution in [1.82, 2.24) is 0 Å². The highest BCUT2D eigenvalue weighted by Gasteiger charge is 2.29. The second-order valence-electron chi connectivity index (χ2n) is 3.90. The highest BCUT2D eigenvalue weighted by molar-refractivity contribution is 8.44. The minimum Gasteiger partial charge on any atom is -0.121 e. The highest BCUT2D eigenvalue weighted by Crippen LogP contribution is 2.65. The summed E-state index contributed by atoms with van der Waals surface area (Å²) in [5, 5.41) is 3.60. The van der Waals surface area contributed by atoms with E-state index in [4.69, 9.17) is 5.53 Å². The lowest BCUT2D eigenvalue weighted by molar-refractivity contribution is 0.933. The van der Waals surface area contributed by atoms with Gasteiger partial charge in [0.2, 0.25) is 0 Å². The van der Waals surface area contributed by atoms with Gasteiger partial charge in [0.1, 0.15) is 0 Å². The number of azide groups is 1. The lowest BCUT2D eigenvalue weighted by Crippen LogP contribution is -1.83. The summed E-state index contributed by atoms with van der Waals surface area (Å²) in [5.74, 6) is 0.999. The number of hydrogen-bond acceptors (Lipinski definition) is 9. The molecule has 0 aliphatic carbocycles. The minimum atomic E-state index is 0.584. The van der Waals surface area contributed by atoms with E-state index in [0.717, 1.165) is 12.2 Å². The molecule has 2 heterocycles. The van der Waals surface area contributed by atoms with E-state index in [9.17, 15) is 0 Å². The van der Waals surface area contributed by atoms with Crippen molar-refractivity contribution < 1.29 is 0 Å². The molecule has 0 saturated heterocycles. The zero-order valence-corrected chi connectivity index (χ0v) is 19.3. The van der Waals surface area contributed by atoms with Gasteiger partial charge in [-0.15, -0.1) is 47.0 Å². The zero-order valence-electron chi connectivity index (χ0n) is 12.7. The average Bonchev–Trinajstić information content (AvgIpc) is 3.17. The van der Waals surface area contributed by atoms with E-state index < -0.39 is 0 Å². The summed E-state index contributed by atoms with van der Waals surface area (Å²) < 4.78 is 8.48. The van der Waals surface area contributed by atoms with Gasteiger partial charge in [0.25, 0.3) is 0 Å². The molecular weight excluding hydrogens is 443 g/mol. The minimum absolute atomic E-state index is 0.584. The van der Waals surface area contributed by atoms with Gasteiger partial charge in [0, 0.05) is 11.5 Å². The van der Waals surface area contributed by atoms with Crippen LogP contribution in [0.15, 0.2) is 30.5 Å². The Balaban J connectivity index is 1.96. The molecule has 3 nitrogen and oxygen atoms in total. The second kappa shape index (κ2) is 11.1. The summed E-state index contributed by atoms with van der Waals surface area (Å²) >= 11 is 15.0. The first-order chi connectivity index (χ1) is 11.2. The van der Waals surface area contributed by atoms with Crippen LogP contribution in [0.3, 0.4) is 0 Å². The molecule has 0 aromatic carbocycles. The highest BCUT2D eigenvalue weighted by atomic mass is 32.3. The Labute approximate surface area is 171 Å². The molecule has 2 rings (SSSR count). The van der Waals surface area contributed by atoms with Crippen LogP contribution in [0.5, 0.6) is 0 Å². The molecule has 0 aromatic rings. The van der Waals surface area contributed by atoms with Gasteiger partial charge in [-0.1, -0.05) is 52.2 Å². The van der Waals surface area contributed by atoms with Crippen molar-refractivity contribution >= 4 is 94.1 Å². The van der Waals surface area contributed by atoms with Gasteiger partial charge < -0.3 is 0 Å². The van der Waals surface area contributed by atoms with Gasteiger partial charge in [0.15, 0.2) is 0 Å². The molecule has 0 N–H and O–H groups in total. The van der Waals surface area contributed by atoms with Crippen LogP contribution in [0.4, 0.5) is 0 Å². The van der Waals surface area contributed by atoms with Gasteiger partial charge in [-0.25, -0.2) is 0 Å². The largest absolute Gasteiger partial charge is 0.121 e. The lowest BCUT2D eigenvalue weighted by Gasteiger charge is -2.02. The van der Waals surface area contributed by atoms with Crippen molar-refractivity contribution in [2.24, 2.45) is 5.11 Å². The first-order valence-corrected chi connectivity index (χ1v) is 14.4. The average molecular weight is 458 g/mol. The van der Waals surface area contributed by atoms with Crippen molar-refractivity contribution in [3.05, 3.63) is 35.9 Å². The Hall–Kier alpha value is 1.33. The fourth-order valence-corrected chi connectivity index (χ4v) is 12.2. The number of thioether (sulfide) groups is 8. The van der Waals surface area contributed by atoms with Crippen LogP contribution < -0.4 is 0 Å². The van der Waals surface area contributed by atoms with Crippen LogP contribution in [0.25, 0.3) is 10.4 Å². The fraction of sp³-hybridized carbons (Fsp3) is 0.500. The van der Waals surface area contributed by atoms with Crippen LogP contribution in [0, 0.1) is 0 Å². The number of rotatable bonds is 8. The predicted octanol–water partition coefficient (Wildman–Crippen LogP) is 7.85. The van der Waals surface area contributed by atoms with Gasteiger partial charge >= 0.3 is 0 Å². The molecule has 0 aromatic heterocycles. The Morgan fingerprint density at radius 1 is 0.870 bits per heavy atom. The summed E-state index contributed by atoms with van der Waals surface area (Å²) in [7, 11) is 0. The topological polar surface area (TPSA) is 48.8 Å². The van der Waals surface area contributed by atoms with E-state index in [-0.39, 0.29) is 0 Å². The summed E-state index contributed by atoms with van der Waals surface area (Å²) in [6, 6.07) is 0. The van der Waals surface area contributed by atoms with Crippen LogP contribution in [-0.2, 0) is 0 Å². The van der Waals surface area contributed by atoms with Crippen molar-refractivity contribution in [2.45, 2.75) is 6.42 Å². The normalized spacial score (nSPS) is 18.2.